The summed E-state index contributed by atoms with van der Waals surface area (Å²) in [4.78, 5) is 2.43. The molecule has 26 heavy (non-hydrogen) atoms. The van der Waals surface area contributed by atoms with E-state index in [1.54, 1.807) is 7.11 Å². The first kappa shape index (κ1) is 20.3. The molecule has 2 aromatic carbocycles. The fourth-order valence-corrected chi connectivity index (χ4v) is 3.07. The molecule has 0 unspecified atom stereocenters. The zero-order chi connectivity index (χ0) is 18.6. The normalized spacial score (nSPS) is 10.9. The molecule has 0 radical (unpaired) electrons. The van der Waals surface area contributed by atoms with Gasteiger partial charge in [0.15, 0.2) is 0 Å². The van der Waals surface area contributed by atoms with Crippen molar-refractivity contribution >= 4 is 0 Å². The van der Waals surface area contributed by atoms with Gasteiger partial charge in [-0.3, -0.25) is 0 Å². The van der Waals surface area contributed by atoms with Crippen LogP contribution in [0.25, 0.3) is 11.1 Å². The number of hydrogen-bond donors (Lipinski definition) is 0. The van der Waals surface area contributed by atoms with Crippen LogP contribution in [0.15, 0.2) is 48.5 Å². The van der Waals surface area contributed by atoms with Crippen molar-refractivity contribution < 1.29 is 9.47 Å². The van der Waals surface area contributed by atoms with E-state index in [9.17, 15) is 0 Å². The van der Waals surface area contributed by atoms with Gasteiger partial charge in [-0.05, 0) is 63.5 Å². The van der Waals surface area contributed by atoms with Crippen LogP contribution in [0.5, 0.6) is 11.5 Å². The largest absolute Gasteiger partial charge is 0.496 e. The molecule has 0 N–H and O–H groups in total. The SMILES string of the molecule is CCCCN(C)CCCCCOc1cccc(OC)c1-c1ccccc1. The molecule has 0 bridgehead atoms. The summed E-state index contributed by atoms with van der Waals surface area (Å²) in [5.74, 6) is 1.75. The molecule has 0 spiro atoms. The quantitative estimate of drug-likeness (QED) is 0.460. The molecule has 0 aliphatic heterocycles. The second-order valence-corrected chi connectivity index (χ2v) is 6.77. The van der Waals surface area contributed by atoms with Gasteiger partial charge in [0.25, 0.3) is 0 Å². The molecule has 142 valence electrons. The monoisotopic (exact) mass is 355 g/mol. The van der Waals surface area contributed by atoms with Gasteiger partial charge in [0.2, 0.25) is 0 Å². The van der Waals surface area contributed by atoms with Crippen LogP contribution in [0.4, 0.5) is 0 Å². The number of ether oxygens (including phenoxy) is 2. The molecule has 0 aliphatic rings. The van der Waals surface area contributed by atoms with Gasteiger partial charge in [0.1, 0.15) is 11.5 Å². The molecule has 0 fully saturated rings. The maximum Gasteiger partial charge on any atom is 0.130 e. The van der Waals surface area contributed by atoms with Gasteiger partial charge in [-0.15, -0.1) is 0 Å². The van der Waals surface area contributed by atoms with Crippen LogP contribution in [0, 0.1) is 0 Å². The first-order valence-electron chi connectivity index (χ1n) is 9.80. The number of nitrogens with zero attached hydrogens (tertiary/aromatic N) is 1. The van der Waals surface area contributed by atoms with Crippen LogP contribution in [0.3, 0.4) is 0 Å². The lowest BCUT2D eigenvalue weighted by atomic mass is 10.0. The average Bonchev–Trinajstić information content (AvgIpc) is 2.69. The molecule has 0 aliphatic carbocycles. The molecule has 0 saturated carbocycles. The van der Waals surface area contributed by atoms with E-state index in [4.69, 9.17) is 9.47 Å². The zero-order valence-electron chi connectivity index (χ0n) is 16.5. The van der Waals surface area contributed by atoms with Crippen LogP contribution in [-0.2, 0) is 0 Å². The van der Waals surface area contributed by atoms with Crippen LogP contribution < -0.4 is 9.47 Å². The summed E-state index contributed by atoms with van der Waals surface area (Å²) in [7, 11) is 3.93. The fraction of sp³-hybridized carbons (Fsp3) is 0.478. The Morgan fingerprint density at radius 2 is 1.54 bits per heavy atom. The molecule has 0 amide bonds. The predicted octanol–water partition coefficient (Wildman–Crippen LogP) is 5.64. The van der Waals surface area contributed by atoms with Crippen molar-refractivity contribution in [2.45, 2.75) is 39.0 Å². The highest BCUT2D eigenvalue weighted by atomic mass is 16.5. The number of hydrogen-bond acceptors (Lipinski definition) is 3. The first-order valence-corrected chi connectivity index (χ1v) is 9.80. The predicted molar refractivity (Wildman–Crippen MR) is 110 cm³/mol. The van der Waals surface area contributed by atoms with Crippen LogP contribution >= 0.6 is 0 Å². The maximum absolute atomic E-state index is 6.11. The van der Waals surface area contributed by atoms with Crippen molar-refractivity contribution in [1.29, 1.82) is 0 Å². The van der Waals surface area contributed by atoms with E-state index < -0.39 is 0 Å². The van der Waals surface area contributed by atoms with Gasteiger partial charge < -0.3 is 14.4 Å². The Morgan fingerprint density at radius 3 is 2.27 bits per heavy atom. The fourth-order valence-electron chi connectivity index (χ4n) is 3.07. The first-order chi connectivity index (χ1) is 12.8. The van der Waals surface area contributed by atoms with Gasteiger partial charge in [-0.25, -0.2) is 0 Å². The molecule has 3 nitrogen and oxygen atoms in total. The van der Waals surface area contributed by atoms with E-state index >= 15 is 0 Å². The molecule has 0 heterocycles. The highest BCUT2D eigenvalue weighted by molar-refractivity contribution is 5.76. The molecule has 3 heteroatoms. The van der Waals surface area contributed by atoms with Crippen molar-refractivity contribution in [2.24, 2.45) is 0 Å². The van der Waals surface area contributed by atoms with E-state index in [1.807, 2.05) is 36.4 Å². The number of unbranched alkanes of at least 4 members (excludes halogenated alkanes) is 3. The second kappa shape index (κ2) is 11.6. The third-order valence-corrected chi connectivity index (χ3v) is 4.61. The third kappa shape index (κ3) is 6.38. The zero-order valence-corrected chi connectivity index (χ0v) is 16.5. The summed E-state index contributed by atoms with van der Waals surface area (Å²) >= 11 is 0. The van der Waals surface area contributed by atoms with Gasteiger partial charge >= 0.3 is 0 Å². The van der Waals surface area contributed by atoms with Crippen LogP contribution in [0.1, 0.15) is 39.0 Å². The number of rotatable bonds is 12. The highest BCUT2D eigenvalue weighted by Crippen LogP contribution is 2.38. The van der Waals surface area contributed by atoms with Crippen molar-refractivity contribution in [1.82, 2.24) is 4.90 Å². The average molecular weight is 356 g/mol. The van der Waals surface area contributed by atoms with Gasteiger partial charge in [0, 0.05) is 0 Å². The minimum Gasteiger partial charge on any atom is -0.496 e. The Bertz CT molecular complexity index is 627. The van der Waals surface area contributed by atoms with Crippen molar-refractivity contribution in [3.63, 3.8) is 0 Å². The van der Waals surface area contributed by atoms with E-state index in [0.29, 0.717) is 0 Å². The lowest BCUT2D eigenvalue weighted by Crippen LogP contribution is -2.20. The van der Waals surface area contributed by atoms with Gasteiger partial charge in [-0.2, -0.15) is 0 Å². The molecule has 2 aromatic rings. The molecule has 0 atom stereocenters. The van der Waals surface area contributed by atoms with Gasteiger partial charge in [0.05, 0.1) is 19.3 Å². The summed E-state index contributed by atoms with van der Waals surface area (Å²) in [6.45, 7) is 5.37. The molecule has 0 aromatic heterocycles. The van der Waals surface area contributed by atoms with E-state index in [-0.39, 0.29) is 0 Å². The topological polar surface area (TPSA) is 21.7 Å². The molecule has 0 saturated heterocycles. The van der Waals surface area contributed by atoms with E-state index in [1.165, 1.54) is 38.8 Å². The minimum atomic E-state index is 0.742. The standard InChI is InChI=1S/C23H33NO2/c1-4-5-17-24(2)18-10-7-11-19-26-22-16-12-15-21(25-3)23(22)20-13-8-6-9-14-20/h6,8-9,12-16H,4-5,7,10-11,17-19H2,1-3H3. The van der Waals surface area contributed by atoms with Crippen LogP contribution in [-0.4, -0.2) is 38.8 Å². The Morgan fingerprint density at radius 1 is 0.808 bits per heavy atom. The molecular formula is C23H33NO2. The summed E-state index contributed by atoms with van der Waals surface area (Å²) in [6, 6.07) is 16.3. The Labute approximate surface area is 158 Å². The number of benzene rings is 2. The summed E-state index contributed by atoms with van der Waals surface area (Å²) in [5, 5.41) is 0. The smallest absolute Gasteiger partial charge is 0.130 e. The Kier molecular flexibility index (Phi) is 9.05. The summed E-state index contributed by atoms with van der Waals surface area (Å²) in [5.41, 5.74) is 2.16. The van der Waals surface area contributed by atoms with Crippen LogP contribution in [0.2, 0.25) is 0 Å². The number of methoxy groups -OCH3 is 1. The molecule has 2 rings (SSSR count). The Hall–Kier alpha value is -2.00. The van der Waals surface area contributed by atoms with Gasteiger partial charge in [-0.1, -0.05) is 49.7 Å². The maximum atomic E-state index is 6.11. The summed E-state index contributed by atoms with van der Waals surface area (Å²) in [6.07, 6.45) is 6.06. The highest BCUT2D eigenvalue weighted by Gasteiger charge is 2.12. The lowest BCUT2D eigenvalue weighted by Gasteiger charge is -2.16. The second-order valence-electron chi connectivity index (χ2n) is 6.77. The lowest BCUT2D eigenvalue weighted by molar-refractivity contribution is 0.287. The van der Waals surface area contributed by atoms with E-state index in [0.717, 1.165) is 35.7 Å². The summed E-state index contributed by atoms with van der Waals surface area (Å²) < 4.78 is 11.7. The van der Waals surface area contributed by atoms with Crippen molar-refractivity contribution in [2.75, 3.05) is 33.9 Å². The minimum absolute atomic E-state index is 0.742. The van der Waals surface area contributed by atoms with E-state index in [2.05, 4.69) is 31.0 Å². The Balaban J connectivity index is 1.84. The van der Waals surface area contributed by atoms with Crippen molar-refractivity contribution in [3.05, 3.63) is 48.5 Å². The third-order valence-electron chi connectivity index (χ3n) is 4.61. The van der Waals surface area contributed by atoms with Crippen molar-refractivity contribution in [3.8, 4) is 22.6 Å². The molecular weight excluding hydrogens is 322 g/mol.